The molecule has 0 aromatic heterocycles. The molecule has 6 nitrogen and oxygen atoms in total. The summed E-state index contributed by atoms with van der Waals surface area (Å²) >= 11 is 6.20. The average Bonchev–Trinajstić information content (AvgIpc) is 3.01. The van der Waals surface area contributed by atoms with Crippen LogP contribution < -0.4 is 15.4 Å². The monoisotopic (exact) mass is 366 g/mol. The number of hydrogen-bond acceptors (Lipinski definition) is 4. The van der Waals surface area contributed by atoms with Crippen LogP contribution in [-0.4, -0.2) is 43.2 Å². The largest absolute Gasteiger partial charge is 0.492 e. The van der Waals surface area contributed by atoms with Crippen LogP contribution in [0.15, 0.2) is 18.2 Å². The van der Waals surface area contributed by atoms with E-state index in [9.17, 15) is 9.59 Å². The first-order valence-electron chi connectivity index (χ1n) is 8.63. The Balaban J connectivity index is 1.67. The number of carbonyl (C=O) groups is 2. The van der Waals surface area contributed by atoms with Gasteiger partial charge >= 0.3 is 0 Å². The highest BCUT2D eigenvalue weighted by molar-refractivity contribution is 6.32. The van der Waals surface area contributed by atoms with Gasteiger partial charge in [-0.05, 0) is 31.0 Å². The topological polar surface area (TPSA) is 76.7 Å². The second kappa shape index (κ2) is 7.62. The molecule has 2 amide bonds. The normalized spacial score (nSPS) is 27.2. The van der Waals surface area contributed by atoms with Gasteiger partial charge in [-0.2, -0.15) is 0 Å². The number of halogens is 1. The van der Waals surface area contributed by atoms with Gasteiger partial charge in [0.1, 0.15) is 5.75 Å². The molecule has 1 saturated carbocycles. The van der Waals surface area contributed by atoms with Crippen LogP contribution >= 0.6 is 11.6 Å². The van der Waals surface area contributed by atoms with E-state index >= 15 is 0 Å². The summed E-state index contributed by atoms with van der Waals surface area (Å²) in [5.74, 6) is 0.473. The molecule has 1 aliphatic carbocycles. The summed E-state index contributed by atoms with van der Waals surface area (Å²) in [5.41, 5.74) is 0.470. The molecule has 3 rings (SSSR count). The molecule has 25 heavy (non-hydrogen) atoms. The highest BCUT2D eigenvalue weighted by Gasteiger charge is 2.54. The van der Waals surface area contributed by atoms with Gasteiger partial charge in [0.2, 0.25) is 5.91 Å². The summed E-state index contributed by atoms with van der Waals surface area (Å²) in [6, 6.07) is 4.70. The molecule has 1 saturated heterocycles. The van der Waals surface area contributed by atoms with Crippen LogP contribution in [0.2, 0.25) is 5.02 Å². The molecule has 1 aromatic carbocycles. The summed E-state index contributed by atoms with van der Waals surface area (Å²) in [7, 11) is 0. The minimum Gasteiger partial charge on any atom is -0.492 e. The summed E-state index contributed by atoms with van der Waals surface area (Å²) in [5, 5.41) is 6.31. The van der Waals surface area contributed by atoms with E-state index in [4.69, 9.17) is 21.1 Å². The summed E-state index contributed by atoms with van der Waals surface area (Å²) in [6.07, 6.45) is 1.76. The number of carbonyl (C=O) groups excluding carboxylic acids is 2. The van der Waals surface area contributed by atoms with Gasteiger partial charge in [-0.25, -0.2) is 0 Å². The Morgan fingerprint density at radius 2 is 2.12 bits per heavy atom. The smallest absolute Gasteiger partial charge is 0.251 e. The van der Waals surface area contributed by atoms with Crippen LogP contribution in [0, 0.1) is 5.92 Å². The first kappa shape index (κ1) is 18.0. The van der Waals surface area contributed by atoms with Crippen LogP contribution in [0.1, 0.15) is 37.0 Å². The lowest BCUT2D eigenvalue weighted by Gasteiger charge is -2.47. The Hall–Kier alpha value is -1.79. The van der Waals surface area contributed by atoms with Crippen molar-refractivity contribution >= 4 is 23.4 Å². The summed E-state index contributed by atoms with van der Waals surface area (Å²) in [6.45, 7) is 4.72. The Kier molecular flexibility index (Phi) is 5.49. The summed E-state index contributed by atoms with van der Waals surface area (Å²) < 4.78 is 11.2. The van der Waals surface area contributed by atoms with Gasteiger partial charge in [-0.3, -0.25) is 9.59 Å². The second-order valence-electron chi connectivity index (χ2n) is 6.51. The highest BCUT2D eigenvalue weighted by atomic mass is 35.5. The van der Waals surface area contributed by atoms with Gasteiger partial charge in [0.25, 0.3) is 5.91 Å². The van der Waals surface area contributed by atoms with Gasteiger partial charge in [-0.15, -0.1) is 0 Å². The number of hydrogen-bond donors (Lipinski definition) is 2. The SMILES string of the molecule is CCCOc1ccc(C(=O)N[C@H]2[C@H]3CCO[C@H]3[C@@H]2NC(C)=O)cc1Cl. The van der Waals surface area contributed by atoms with E-state index in [0.717, 1.165) is 12.8 Å². The number of nitrogens with one attached hydrogen (secondary N) is 2. The zero-order valence-corrected chi connectivity index (χ0v) is 15.1. The molecule has 1 aromatic rings. The van der Waals surface area contributed by atoms with Crippen LogP contribution in [0.4, 0.5) is 0 Å². The molecule has 2 aliphatic rings. The Morgan fingerprint density at radius 3 is 2.80 bits per heavy atom. The van der Waals surface area contributed by atoms with E-state index in [1.165, 1.54) is 6.92 Å². The fourth-order valence-corrected chi connectivity index (χ4v) is 3.75. The Morgan fingerprint density at radius 1 is 1.32 bits per heavy atom. The fourth-order valence-electron chi connectivity index (χ4n) is 3.52. The molecule has 136 valence electrons. The molecule has 0 radical (unpaired) electrons. The van der Waals surface area contributed by atoms with Crippen molar-refractivity contribution in [1.29, 1.82) is 0 Å². The van der Waals surface area contributed by atoms with Crippen molar-refractivity contribution in [2.24, 2.45) is 5.92 Å². The summed E-state index contributed by atoms with van der Waals surface area (Å²) in [4.78, 5) is 24.0. The van der Waals surface area contributed by atoms with Crippen LogP contribution in [0.5, 0.6) is 5.75 Å². The molecular formula is C18H23ClN2O4. The van der Waals surface area contributed by atoms with Crippen molar-refractivity contribution in [3.05, 3.63) is 28.8 Å². The fraction of sp³-hybridized carbons (Fsp3) is 0.556. The van der Waals surface area contributed by atoms with Gasteiger partial charge in [-0.1, -0.05) is 18.5 Å². The van der Waals surface area contributed by atoms with Crippen LogP contribution in [-0.2, 0) is 9.53 Å². The van der Waals surface area contributed by atoms with Crippen molar-refractivity contribution in [3.8, 4) is 5.75 Å². The van der Waals surface area contributed by atoms with Crippen LogP contribution in [0.3, 0.4) is 0 Å². The maximum atomic E-state index is 12.6. The molecule has 7 heteroatoms. The Labute approximate surface area is 152 Å². The molecule has 0 spiro atoms. The lowest BCUT2D eigenvalue weighted by Crippen LogP contribution is -2.70. The van der Waals surface area contributed by atoms with E-state index in [1.807, 2.05) is 6.92 Å². The quantitative estimate of drug-likeness (QED) is 0.808. The zero-order chi connectivity index (χ0) is 18.0. The molecule has 4 atom stereocenters. The Bertz CT molecular complexity index is 666. The molecule has 1 heterocycles. The van der Waals surface area contributed by atoms with E-state index in [1.54, 1.807) is 18.2 Å². The number of fused-ring (bicyclic) bond motifs is 1. The molecule has 2 N–H and O–H groups in total. The molecule has 0 bridgehead atoms. The van der Waals surface area contributed by atoms with Crippen LogP contribution in [0.25, 0.3) is 0 Å². The predicted molar refractivity (Wildman–Crippen MR) is 93.9 cm³/mol. The molecular weight excluding hydrogens is 344 g/mol. The van der Waals surface area contributed by atoms with Gasteiger partial charge in [0.05, 0.1) is 29.8 Å². The maximum absolute atomic E-state index is 12.6. The lowest BCUT2D eigenvalue weighted by atomic mass is 9.71. The minimum absolute atomic E-state index is 0.0115. The molecule has 1 aliphatic heterocycles. The van der Waals surface area contributed by atoms with E-state index in [0.29, 0.717) is 29.5 Å². The predicted octanol–water partition coefficient (Wildman–Crippen LogP) is 2.15. The minimum atomic E-state index is -0.213. The number of benzene rings is 1. The third-order valence-electron chi connectivity index (χ3n) is 4.71. The van der Waals surface area contributed by atoms with Crippen molar-refractivity contribution in [3.63, 3.8) is 0 Å². The molecule has 2 fully saturated rings. The first-order valence-corrected chi connectivity index (χ1v) is 9.01. The number of ether oxygens (including phenoxy) is 2. The van der Waals surface area contributed by atoms with Crippen molar-refractivity contribution in [1.82, 2.24) is 10.6 Å². The van der Waals surface area contributed by atoms with Gasteiger partial charge in [0, 0.05) is 25.0 Å². The van der Waals surface area contributed by atoms with Crippen molar-refractivity contribution in [2.75, 3.05) is 13.2 Å². The molecule has 0 unspecified atom stereocenters. The number of rotatable bonds is 6. The van der Waals surface area contributed by atoms with E-state index in [-0.39, 0.29) is 35.9 Å². The maximum Gasteiger partial charge on any atom is 0.251 e. The third kappa shape index (κ3) is 3.75. The average molecular weight is 367 g/mol. The third-order valence-corrected chi connectivity index (χ3v) is 5.00. The van der Waals surface area contributed by atoms with Gasteiger partial charge < -0.3 is 20.1 Å². The standard InChI is InChI=1S/C18H23ClN2O4/c1-3-7-24-14-5-4-11(9-13(14)19)18(23)21-15-12-6-8-25-17(12)16(15)20-10(2)22/h4-5,9,12,15-17H,3,6-8H2,1-2H3,(H,20,22)(H,21,23)/t12-,15+,16-,17-/m1/s1. The van der Waals surface area contributed by atoms with E-state index in [2.05, 4.69) is 10.6 Å². The van der Waals surface area contributed by atoms with Gasteiger partial charge in [0.15, 0.2) is 0 Å². The highest BCUT2D eigenvalue weighted by Crippen LogP contribution is 2.39. The zero-order valence-electron chi connectivity index (χ0n) is 14.4. The number of amides is 2. The lowest BCUT2D eigenvalue weighted by molar-refractivity contribution is -0.123. The second-order valence-corrected chi connectivity index (χ2v) is 6.91. The van der Waals surface area contributed by atoms with E-state index < -0.39 is 0 Å². The van der Waals surface area contributed by atoms with Crippen molar-refractivity contribution < 1.29 is 19.1 Å². The van der Waals surface area contributed by atoms with Crippen molar-refractivity contribution in [2.45, 2.75) is 44.9 Å². The first-order chi connectivity index (χ1) is 12.0.